The van der Waals surface area contributed by atoms with Gasteiger partial charge in [-0.1, -0.05) is 43.9 Å². The fourth-order valence-electron chi connectivity index (χ4n) is 5.34. The Bertz CT molecular complexity index is 1230. The van der Waals surface area contributed by atoms with E-state index >= 15 is 0 Å². The standard InChI is InChI=1S/C27H36N4O5S2/c1-3-24(31-14-12-30(2)13-15-31)38(35,36)22-10-8-20(9-11-22)23(16-19-6-4-5-7-19)26(34)29-27-28-21(18-37-27)17-25(32)33/h3,8-11,18-19,23-24H,1,4-7,12-17H2,2H3,(H,32,33)(H,28,29,34). The maximum absolute atomic E-state index is 13.5. The number of rotatable bonds is 11. The van der Waals surface area contributed by atoms with Crippen LogP contribution in [0.4, 0.5) is 5.13 Å². The zero-order valence-corrected chi connectivity index (χ0v) is 23.3. The number of nitrogens with zero attached hydrogens (tertiary/aromatic N) is 3. The number of nitrogens with one attached hydrogen (secondary N) is 1. The summed E-state index contributed by atoms with van der Waals surface area (Å²) in [4.78, 5) is 32.9. The van der Waals surface area contributed by atoms with Crippen molar-refractivity contribution < 1.29 is 23.1 Å². The topological polar surface area (TPSA) is 120 Å². The van der Waals surface area contributed by atoms with E-state index in [1.807, 2.05) is 11.9 Å². The minimum atomic E-state index is -3.68. The Balaban J connectivity index is 1.53. The molecule has 1 aromatic carbocycles. The fraction of sp³-hybridized carbons (Fsp3) is 0.519. The predicted octanol–water partition coefficient (Wildman–Crippen LogP) is 3.61. The third kappa shape index (κ3) is 6.88. The number of piperazine rings is 1. The molecule has 206 valence electrons. The average molecular weight is 561 g/mol. The van der Waals surface area contributed by atoms with Crippen molar-refractivity contribution in [1.82, 2.24) is 14.8 Å². The Labute approximate surface area is 228 Å². The Morgan fingerprint density at radius 3 is 2.45 bits per heavy atom. The first-order valence-electron chi connectivity index (χ1n) is 13.0. The van der Waals surface area contributed by atoms with Crippen molar-refractivity contribution in [3.05, 3.63) is 53.6 Å². The van der Waals surface area contributed by atoms with E-state index in [0.717, 1.165) is 44.3 Å². The Morgan fingerprint density at radius 2 is 1.84 bits per heavy atom. The number of carboxylic acids is 1. The van der Waals surface area contributed by atoms with Crippen LogP contribution >= 0.6 is 11.3 Å². The van der Waals surface area contributed by atoms with Crippen molar-refractivity contribution in [3.63, 3.8) is 0 Å². The largest absolute Gasteiger partial charge is 0.481 e. The summed E-state index contributed by atoms with van der Waals surface area (Å²) in [5.74, 6) is -1.23. The number of carbonyl (C=O) groups is 2. The molecule has 1 aliphatic heterocycles. The normalized spacial score (nSPS) is 19.2. The van der Waals surface area contributed by atoms with Gasteiger partial charge in [0.2, 0.25) is 5.91 Å². The van der Waals surface area contributed by atoms with Crippen LogP contribution in [0.5, 0.6) is 0 Å². The lowest BCUT2D eigenvalue weighted by molar-refractivity contribution is -0.136. The molecular weight excluding hydrogens is 524 g/mol. The molecule has 1 aromatic heterocycles. The van der Waals surface area contributed by atoms with E-state index in [1.165, 1.54) is 17.4 Å². The number of aliphatic carboxylic acids is 1. The van der Waals surface area contributed by atoms with Gasteiger partial charge in [-0.05, 0) is 37.1 Å². The van der Waals surface area contributed by atoms with Crippen LogP contribution in [0, 0.1) is 5.92 Å². The summed E-state index contributed by atoms with van der Waals surface area (Å²) in [6.07, 6.45) is 6.41. The van der Waals surface area contributed by atoms with Crippen LogP contribution in [0.2, 0.25) is 0 Å². The predicted molar refractivity (Wildman–Crippen MR) is 148 cm³/mol. The van der Waals surface area contributed by atoms with Gasteiger partial charge in [-0.15, -0.1) is 17.9 Å². The first-order chi connectivity index (χ1) is 18.2. The molecule has 2 atom stereocenters. The number of amides is 1. The van der Waals surface area contributed by atoms with E-state index in [1.54, 1.807) is 29.6 Å². The number of thiazole rings is 1. The van der Waals surface area contributed by atoms with Crippen molar-refractivity contribution in [2.75, 3.05) is 38.5 Å². The lowest BCUT2D eigenvalue weighted by Crippen LogP contribution is -2.50. The van der Waals surface area contributed by atoms with Gasteiger partial charge in [0.05, 0.1) is 22.9 Å². The number of anilines is 1. The summed E-state index contributed by atoms with van der Waals surface area (Å²) < 4.78 is 27.0. The molecule has 9 nitrogen and oxygen atoms in total. The van der Waals surface area contributed by atoms with Gasteiger partial charge in [-0.2, -0.15) is 0 Å². The summed E-state index contributed by atoms with van der Waals surface area (Å²) in [6, 6.07) is 6.68. The highest BCUT2D eigenvalue weighted by Crippen LogP contribution is 2.35. The van der Waals surface area contributed by atoms with E-state index in [4.69, 9.17) is 5.11 Å². The monoisotopic (exact) mass is 560 g/mol. The number of hydrogen-bond acceptors (Lipinski definition) is 8. The van der Waals surface area contributed by atoms with Crippen LogP contribution < -0.4 is 5.32 Å². The molecule has 2 aromatic rings. The van der Waals surface area contributed by atoms with Gasteiger partial charge in [0.15, 0.2) is 15.0 Å². The van der Waals surface area contributed by atoms with E-state index < -0.39 is 27.1 Å². The molecule has 2 aliphatic rings. The lowest BCUT2D eigenvalue weighted by Gasteiger charge is -2.36. The molecule has 1 saturated heterocycles. The van der Waals surface area contributed by atoms with E-state index in [9.17, 15) is 18.0 Å². The molecule has 1 aliphatic carbocycles. The highest BCUT2D eigenvalue weighted by atomic mass is 32.2. The molecule has 0 spiro atoms. The molecule has 1 saturated carbocycles. The number of benzene rings is 1. The second-order valence-electron chi connectivity index (χ2n) is 10.2. The maximum atomic E-state index is 13.5. The van der Waals surface area contributed by atoms with Gasteiger partial charge in [0.1, 0.15) is 5.37 Å². The van der Waals surface area contributed by atoms with E-state index in [0.29, 0.717) is 36.3 Å². The average Bonchev–Trinajstić information content (AvgIpc) is 3.56. The molecule has 2 fully saturated rings. The Hall–Kier alpha value is -2.60. The molecule has 38 heavy (non-hydrogen) atoms. The van der Waals surface area contributed by atoms with Crippen molar-refractivity contribution in [2.45, 2.75) is 54.7 Å². The molecule has 2 N–H and O–H groups in total. The van der Waals surface area contributed by atoms with Gasteiger partial charge in [-0.3, -0.25) is 14.5 Å². The maximum Gasteiger partial charge on any atom is 0.309 e. The highest BCUT2D eigenvalue weighted by molar-refractivity contribution is 7.92. The second kappa shape index (κ2) is 12.5. The molecule has 2 unspecified atom stereocenters. The quantitative estimate of drug-likeness (QED) is 0.400. The number of carbonyl (C=O) groups excluding carboxylic acids is 1. The molecule has 1 amide bonds. The third-order valence-corrected chi connectivity index (χ3v) is 10.4. The second-order valence-corrected chi connectivity index (χ2v) is 13.1. The number of hydrogen-bond donors (Lipinski definition) is 2. The summed E-state index contributed by atoms with van der Waals surface area (Å²) >= 11 is 1.20. The van der Waals surface area contributed by atoms with Crippen molar-refractivity contribution in [3.8, 4) is 0 Å². The Morgan fingerprint density at radius 1 is 1.18 bits per heavy atom. The van der Waals surface area contributed by atoms with Crippen molar-refractivity contribution in [2.24, 2.45) is 5.92 Å². The van der Waals surface area contributed by atoms with E-state index in [2.05, 4.69) is 21.8 Å². The lowest BCUT2D eigenvalue weighted by atomic mass is 9.87. The van der Waals surface area contributed by atoms with Crippen molar-refractivity contribution >= 4 is 38.2 Å². The first-order valence-corrected chi connectivity index (χ1v) is 15.5. The summed E-state index contributed by atoms with van der Waals surface area (Å²) in [5, 5.41) is 13.0. The smallest absolute Gasteiger partial charge is 0.309 e. The van der Waals surface area contributed by atoms with E-state index in [-0.39, 0.29) is 17.2 Å². The minimum absolute atomic E-state index is 0.201. The first kappa shape index (κ1) is 28.4. The van der Waals surface area contributed by atoms with Crippen molar-refractivity contribution in [1.29, 1.82) is 0 Å². The van der Waals surface area contributed by atoms with Crippen LogP contribution in [0.3, 0.4) is 0 Å². The molecule has 0 radical (unpaired) electrons. The Kier molecular flexibility index (Phi) is 9.35. The summed E-state index contributed by atoms with van der Waals surface area (Å²) in [6.45, 7) is 6.71. The van der Waals surface area contributed by atoms with Crippen LogP contribution in [0.15, 0.2) is 47.2 Å². The molecule has 11 heteroatoms. The number of sulfone groups is 1. The molecule has 0 bridgehead atoms. The minimum Gasteiger partial charge on any atom is -0.481 e. The van der Waals surface area contributed by atoms with Crippen LogP contribution in [-0.4, -0.2) is 78.8 Å². The van der Waals surface area contributed by atoms with Gasteiger partial charge in [0.25, 0.3) is 0 Å². The van der Waals surface area contributed by atoms with Crippen LogP contribution in [0.1, 0.15) is 49.3 Å². The van der Waals surface area contributed by atoms with Gasteiger partial charge >= 0.3 is 5.97 Å². The van der Waals surface area contributed by atoms with Crippen LogP contribution in [0.25, 0.3) is 0 Å². The summed E-state index contributed by atoms with van der Waals surface area (Å²) in [7, 11) is -1.65. The number of likely N-dealkylation sites (N-methyl/N-ethyl adjacent to an activating group) is 1. The van der Waals surface area contributed by atoms with Gasteiger partial charge in [-0.25, -0.2) is 13.4 Å². The van der Waals surface area contributed by atoms with Gasteiger partial charge < -0.3 is 15.3 Å². The van der Waals surface area contributed by atoms with Crippen LogP contribution in [-0.2, 0) is 25.8 Å². The molecule has 2 heterocycles. The zero-order chi connectivity index (χ0) is 27.3. The highest BCUT2D eigenvalue weighted by Gasteiger charge is 2.33. The molecule has 4 rings (SSSR count). The third-order valence-electron chi connectivity index (χ3n) is 7.50. The fourth-order valence-corrected chi connectivity index (χ4v) is 7.71. The zero-order valence-electron chi connectivity index (χ0n) is 21.7. The number of carboxylic acid groups (broad SMARTS) is 1. The molecular formula is C27H36N4O5S2. The SMILES string of the molecule is C=CC(N1CCN(C)CC1)S(=O)(=O)c1ccc(C(CC2CCCC2)C(=O)Nc2nc(CC(=O)O)cs2)cc1. The number of aromatic nitrogens is 1. The summed E-state index contributed by atoms with van der Waals surface area (Å²) in [5.41, 5.74) is 1.15. The van der Waals surface area contributed by atoms with Gasteiger partial charge in [0, 0.05) is 31.6 Å².